The Morgan fingerprint density at radius 3 is 1.79 bits per heavy atom. The third-order valence-corrected chi connectivity index (χ3v) is 2.53. The quantitative estimate of drug-likeness (QED) is 0.584. The van der Waals surface area contributed by atoms with Gasteiger partial charge in [-0.2, -0.15) is 0 Å². The predicted molar refractivity (Wildman–Crippen MR) is 60.7 cm³/mol. The summed E-state index contributed by atoms with van der Waals surface area (Å²) >= 11 is 0. The Morgan fingerprint density at radius 2 is 1.57 bits per heavy atom. The smallest absolute Gasteiger partial charge is 0.189 e. The van der Waals surface area contributed by atoms with Gasteiger partial charge in [0.2, 0.25) is 0 Å². The second-order valence-corrected chi connectivity index (χ2v) is 6.32. The van der Waals surface area contributed by atoms with Crippen LogP contribution in [-0.4, -0.2) is 18.0 Å². The molecule has 0 aliphatic carbocycles. The van der Waals surface area contributed by atoms with E-state index in [0.717, 1.165) is 5.90 Å². The highest BCUT2D eigenvalue weighted by atomic mass is 16.5. The first-order chi connectivity index (χ1) is 6.12. The molecule has 82 valence electrons. The number of ether oxygens (including phenoxy) is 1. The van der Waals surface area contributed by atoms with Crippen LogP contribution in [0.3, 0.4) is 0 Å². The van der Waals surface area contributed by atoms with Gasteiger partial charge < -0.3 is 4.74 Å². The molecule has 2 atom stereocenters. The maximum absolute atomic E-state index is 5.81. The third-order valence-electron chi connectivity index (χ3n) is 2.53. The lowest BCUT2D eigenvalue weighted by Gasteiger charge is -2.26. The Kier molecular flexibility index (Phi) is 2.68. The largest absolute Gasteiger partial charge is 0.475 e. The molecule has 14 heavy (non-hydrogen) atoms. The molecule has 0 saturated heterocycles. The van der Waals surface area contributed by atoms with Crippen molar-refractivity contribution in [3.8, 4) is 0 Å². The summed E-state index contributed by atoms with van der Waals surface area (Å²) in [4.78, 5) is 4.71. The van der Waals surface area contributed by atoms with Crippen molar-refractivity contribution in [2.75, 3.05) is 0 Å². The fraction of sp³-hybridized carbons (Fsp3) is 0.917. The Bertz CT molecular complexity index is 242. The van der Waals surface area contributed by atoms with E-state index in [1.54, 1.807) is 0 Å². The van der Waals surface area contributed by atoms with E-state index in [2.05, 4.69) is 48.5 Å². The van der Waals surface area contributed by atoms with Gasteiger partial charge >= 0.3 is 0 Å². The van der Waals surface area contributed by atoms with Crippen LogP contribution in [0.1, 0.15) is 48.5 Å². The summed E-state index contributed by atoms with van der Waals surface area (Å²) in [6, 6.07) is 0.289. The van der Waals surface area contributed by atoms with Crippen molar-refractivity contribution in [1.29, 1.82) is 0 Å². The highest BCUT2D eigenvalue weighted by Crippen LogP contribution is 2.34. The van der Waals surface area contributed by atoms with Crippen molar-refractivity contribution in [2.24, 2.45) is 15.8 Å². The molecule has 1 heterocycles. The zero-order valence-corrected chi connectivity index (χ0v) is 10.5. The van der Waals surface area contributed by atoms with E-state index in [-0.39, 0.29) is 23.0 Å². The van der Waals surface area contributed by atoms with Gasteiger partial charge in [-0.05, 0) is 12.3 Å². The first kappa shape index (κ1) is 11.5. The van der Waals surface area contributed by atoms with E-state index in [9.17, 15) is 0 Å². The maximum Gasteiger partial charge on any atom is 0.189 e. The summed E-state index contributed by atoms with van der Waals surface area (Å²) in [6.45, 7) is 15.2. The van der Waals surface area contributed by atoms with Gasteiger partial charge in [0.1, 0.15) is 6.10 Å². The summed E-state index contributed by atoms with van der Waals surface area (Å²) in [6.07, 6.45) is 0.212. The van der Waals surface area contributed by atoms with Crippen molar-refractivity contribution in [3.05, 3.63) is 0 Å². The number of rotatable bonds is 0. The van der Waals surface area contributed by atoms with Gasteiger partial charge in [-0.15, -0.1) is 0 Å². The predicted octanol–water partition coefficient (Wildman–Crippen LogP) is 3.26. The number of hydrogen-bond acceptors (Lipinski definition) is 2. The maximum atomic E-state index is 5.81. The van der Waals surface area contributed by atoms with Crippen molar-refractivity contribution < 1.29 is 4.74 Å². The Balaban J connectivity index is 2.88. The molecule has 0 aromatic heterocycles. The molecule has 0 aromatic rings. The number of aliphatic imine (C=N–C) groups is 1. The van der Waals surface area contributed by atoms with Crippen LogP contribution in [0.5, 0.6) is 0 Å². The van der Waals surface area contributed by atoms with Gasteiger partial charge in [0, 0.05) is 5.41 Å². The SMILES string of the molecule is CC1OC(C(C)(C)C)=NC1C(C)(C)C. The van der Waals surface area contributed by atoms with E-state index in [1.807, 2.05) is 0 Å². The highest BCUT2D eigenvalue weighted by Gasteiger charge is 2.39. The molecule has 0 N–H and O–H groups in total. The first-order valence-electron chi connectivity index (χ1n) is 5.37. The standard InChI is InChI=1S/C12H23NO/c1-8-9(11(2,3)4)13-10(14-8)12(5,6)7/h8-9H,1-7H3. The zero-order valence-electron chi connectivity index (χ0n) is 10.5. The fourth-order valence-corrected chi connectivity index (χ4v) is 1.77. The molecular weight excluding hydrogens is 174 g/mol. The van der Waals surface area contributed by atoms with E-state index in [0.29, 0.717) is 0 Å². The zero-order chi connectivity index (χ0) is 11.1. The summed E-state index contributed by atoms with van der Waals surface area (Å²) in [5, 5.41) is 0. The van der Waals surface area contributed by atoms with Gasteiger partial charge in [-0.25, -0.2) is 4.99 Å². The number of nitrogens with zero attached hydrogens (tertiary/aromatic N) is 1. The minimum absolute atomic E-state index is 0.0360. The highest BCUT2D eigenvalue weighted by molar-refractivity contribution is 5.83. The van der Waals surface area contributed by atoms with Crippen LogP contribution < -0.4 is 0 Å². The van der Waals surface area contributed by atoms with E-state index in [1.165, 1.54) is 0 Å². The third kappa shape index (κ3) is 2.28. The van der Waals surface area contributed by atoms with Gasteiger partial charge in [-0.3, -0.25) is 0 Å². The van der Waals surface area contributed by atoms with Crippen LogP contribution in [0.2, 0.25) is 0 Å². The molecule has 0 spiro atoms. The molecule has 0 bridgehead atoms. The summed E-state index contributed by atoms with van der Waals surface area (Å²) in [5.74, 6) is 0.907. The van der Waals surface area contributed by atoms with Gasteiger partial charge in [0.25, 0.3) is 0 Å². The van der Waals surface area contributed by atoms with Crippen molar-refractivity contribution in [3.63, 3.8) is 0 Å². The van der Waals surface area contributed by atoms with Crippen LogP contribution in [0.15, 0.2) is 4.99 Å². The first-order valence-corrected chi connectivity index (χ1v) is 5.37. The van der Waals surface area contributed by atoms with Gasteiger partial charge in [-0.1, -0.05) is 41.5 Å². The monoisotopic (exact) mass is 197 g/mol. The minimum Gasteiger partial charge on any atom is -0.475 e. The topological polar surface area (TPSA) is 21.6 Å². The Labute approximate surface area is 87.8 Å². The minimum atomic E-state index is 0.0360. The molecule has 0 aromatic carbocycles. The molecule has 1 rings (SSSR count). The van der Waals surface area contributed by atoms with E-state index >= 15 is 0 Å². The Hall–Kier alpha value is -0.530. The number of hydrogen-bond donors (Lipinski definition) is 0. The average molecular weight is 197 g/mol. The van der Waals surface area contributed by atoms with Crippen molar-refractivity contribution in [1.82, 2.24) is 0 Å². The van der Waals surface area contributed by atoms with Gasteiger partial charge in [0.15, 0.2) is 5.90 Å². The normalized spacial score (nSPS) is 28.6. The lowest BCUT2D eigenvalue weighted by Crippen LogP contribution is -2.32. The van der Waals surface area contributed by atoms with Crippen LogP contribution in [0.4, 0.5) is 0 Å². The Morgan fingerprint density at radius 1 is 1.07 bits per heavy atom. The molecule has 0 saturated carbocycles. The second-order valence-electron chi connectivity index (χ2n) is 6.32. The van der Waals surface area contributed by atoms with Crippen LogP contribution >= 0.6 is 0 Å². The lowest BCUT2D eigenvalue weighted by molar-refractivity contribution is 0.143. The second kappa shape index (κ2) is 3.25. The van der Waals surface area contributed by atoms with E-state index in [4.69, 9.17) is 9.73 Å². The fourth-order valence-electron chi connectivity index (χ4n) is 1.77. The molecule has 2 nitrogen and oxygen atoms in total. The summed E-state index contributed by atoms with van der Waals surface area (Å²) < 4.78 is 5.81. The van der Waals surface area contributed by atoms with Gasteiger partial charge in [0.05, 0.1) is 6.04 Å². The average Bonchev–Trinajstić information content (AvgIpc) is 2.27. The molecule has 2 unspecified atom stereocenters. The van der Waals surface area contributed by atoms with Crippen LogP contribution in [-0.2, 0) is 4.74 Å². The molecule has 1 aliphatic rings. The summed E-state index contributed by atoms with van der Waals surface area (Å²) in [7, 11) is 0. The molecule has 0 radical (unpaired) electrons. The van der Waals surface area contributed by atoms with Crippen LogP contribution in [0, 0.1) is 10.8 Å². The molecule has 1 aliphatic heterocycles. The summed E-state index contributed by atoms with van der Waals surface area (Å²) in [5.41, 5.74) is 0.223. The lowest BCUT2D eigenvalue weighted by atomic mass is 9.84. The van der Waals surface area contributed by atoms with Crippen molar-refractivity contribution >= 4 is 5.90 Å². The van der Waals surface area contributed by atoms with Crippen molar-refractivity contribution in [2.45, 2.75) is 60.6 Å². The van der Waals surface area contributed by atoms with Crippen LogP contribution in [0.25, 0.3) is 0 Å². The molecule has 2 heteroatoms. The molecule has 0 amide bonds. The molecular formula is C12H23NO. The molecule has 0 fully saturated rings. The van der Waals surface area contributed by atoms with E-state index < -0.39 is 0 Å².